The highest BCUT2D eigenvalue weighted by Gasteiger charge is 2.57. The molecule has 1 aliphatic heterocycles. The number of anilines is 1. The minimum absolute atomic E-state index is 0.114. The average molecular weight is 579 g/mol. The number of aliphatic hydroxyl groups excluding tert-OH is 2. The second kappa shape index (κ2) is 12.6. The number of hydrogen-bond donors (Lipinski definition) is 4. The first-order valence-electron chi connectivity index (χ1n) is 15.6. The molecule has 2 aromatic rings. The largest absolute Gasteiger partial charge is 0.394 e. The van der Waals surface area contributed by atoms with E-state index >= 15 is 0 Å². The molecule has 3 saturated carbocycles. The fourth-order valence-electron chi connectivity index (χ4n) is 7.72. The van der Waals surface area contributed by atoms with Gasteiger partial charge in [-0.2, -0.15) is 5.06 Å². The molecule has 1 saturated heterocycles. The Bertz CT molecular complexity index is 1220. The summed E-state index contributed by atoms with van der Waals surface area (Å²) in [6.07, 6.45) is 0.773. The van der Waals surface area contributed by atoms with Crippen LogP contribution in [0.2, 0.25) is 0 Å². The van der Waals surface area contributed by atoms with E-state index in [4.69, 9.17) is 4.84 Å². The highest BCUT2D eigenvalue weighted by atomic mass is 16.7. The van der Waals surface area contributed by atoms with Crippen LogP contribution in [0.5, 0.6) is 0 Å². The third-order valence-electron chi connectivity index (χ3n) is 10.4. The lowest BCUT2D eigenvalue weighted by Crippen LogP contribution is -2.62. The first-order valence-corrected chi connectivity index (χ1v) is 15.6. The number of fused-ring (bicyclic) bond motifs is 2. The molecule has 8 heteroatoms. The Labute approximate surface area is 251 Å². The van der Waals surface area contributed by atoms with Crippen LogP contribution in [-0.4, -0.2) is 84.2 Å². The van der Waals surface area contributed by atoms with Crippen molar-refractivity contribution in [2.24, 2.45) is 29.1 Å². The lowest BCUT2D eigenvalue weighted by atomic mass is 9.45. The van der Waals surface area contributed by atoms with Gasteiger partial charge in [0.2, 0.25) is 5.91 Å². The highest BCUT2D eigenvalue weighted by molar-refractivity contribution is 5.83. The van der Waals surface area contributed by atoms with Crippen molar-refractivity contribution >= 4 is 11.6 Å². The summed E-state index contributed by atoms with van der Waals surface area (Å²) in [6.45, 7) is 10.6. The summed E-state index contributed by atoms with van der Waals surface area (Å²) in [5.74, 6) is 0.982. The average Bonchev–Trinajstić information content (AvgIpc) is 3.32. The van der Waals surface area contributed by atoms with Crippen LogP contribution in [0.4, 0.5) is 5.69 Å². The standard InChI is InChI=1S/C34H50N4O4/c1-21-28-17-26(34(28,3)4)18-29(21)36-33(41)32-31(22(2)40)30(20-39)42-38(32)19-23-8-7-9-25(16-23)24-10-12-27(13-11-24)35-14-15-37(5)6/h7-13,16,21-22,26,28-32,35,39-40H,14-15,17-20H2,1-6H3,(H,36,41)/t21?,22-,26+,28-,29?,30?,31+,32-/m0/s1. The zero-order valence-corrected chi connectivity index (χ0v) is 26.1. The van der Waals surface area contributed by atoms with Gasteiger partial charge in [-0.1, -0.05) is 51.1 Å². The first kappa shape index (κ1) is 31.0. The van der Waals surface area contributed by atoms with E-state index in [9.17, 15) is 15.0 Å². The fraction of sp³-hybridized carbons (Fsp3) is 0.618. The monoisotopic (exact) mass is 578 g/mol. The highest BCUT2D eigenvalue weighted by Crippen LogP contribution is 2.61. The Hall–Kier alpha value is -2.49. The molecule has 1 amide bonds. The second-order valence-corrected chi connectivity index (χ2v) is 13.7. The van der Waals surface area contributed by atoms with Gasteiger partial charge in [-0.3, -0.25) is 9.63 Å². The van der Waals surface area contributed by atoms with E-state index in [-0.39, 0.29) is 18.6 Å². The van der Waals surface area contributed by atoms with Crippen LogP contribution < -0.4 is 10.6 Å². The number of hydrogen-bond acceptors (Lipinski definition) is 7. The molecule has 3 unspecified atom stereocenters. The number of carbonyl (C=O) groups is 1. The molecule has 8 atom stereocenters. The fourth-order valence-corrected chi connectivity index (χ4v) is 7.72. The third-order valence-corrected chi connectivity index (χ3v) is 10.4. The molecule has 6 rings (SSSR count). The molecule has 0 radical (unpaired) electrons. The molecular weight excluding hydrogens is 528 g/mol. The summed E-state index contributed by atoms with van der Waals surface area (Å²) >= 11 is 0. The Morgan fingerprint density at radius 2 is 1.88 bits per heavy atom. The van der Waals surface area contributed by atoms with Crippen LogP contribution >= 0.6 is 0 Å². The normalized spacial score (nSPS) is 31.0. The van der Waals surface area contributed by atoms with Crippen molar-refractivity contribution < 1.29 is 19.8 Å². The summed E-state index contributed by atoms with van der Waals surface area (Å²) in [5.41, 5.74) is 4.60. The predicted octanol–water partition coefficient (Wildman–Crippen LogP) is 3.99. The van der Waals surface area contributed by atoms with Gasteiger partial charge in [0.15, 0.2) is 0 Å². The van der Waals surface area contributed by atoms with Crippen molar-refractivity contribution in [3.8, 4) is 11.1 Å². The second-order valence-electron chi connectivity index (χ2n) is 13.7. The predicted molar refractivity (Wildman–Crippen MR) is 166 cm³/mol. The summed E-state index contributed by atoms with van der Waals surface area (Å²) < 4.78 is 0. The number of hydroxylamine groups is 2. The molecule has 4 N–H and O–H groups in total. The van der Waals surface area contributed by atoms with Crippen molar-refractivity contribution in [1.82, 2.24) is 15.3 Å². The smallest absolute Gasteiger partial charge is 0.240 e. The molecule has 2 bridgehead atoms. The maximum atomic E-state index is 13.9. The van der Waals surface area contributed by atoms with Crippen LogP contribution in [0.1, 0.15) is 46.1 Å². The molecule has 42 heavy (non-hydrogen) atoms. The van der Waals surface area contributed by atoms with Crippen LogP contribution in [0.25, 0.3) is 11.1 Å². The number of rotatable bonds is 11. The molecule has 4 fully saturated rings. The molecule has 3 aliphatic carbocycles. The van der Waals surface area contributed by atoms with E-state index in [0.717, 1.165) is 41.9 Å². The van der Waals surface area contributed by atoms with E-state index in [1.807, 2.05) is 12.1 Å². The quantitative estimate of drug-likeness (QED) is 0.320. The first-order chi connectivity index (χ1) is 20.0. The molecule has 1 heterocycles. The number of benzene rings is 2. The maximum absolute atomic E-state index is 13.9. The zero-order chi connectivity index (χ0) is 30.2. The van der Waals surface area contributed by atoms with Gasteiger partial charge in [0.05, 0.1) is 19.3 Å². The van der Waals surface area contributed by atoms with Gasteiger partial charge >= 0.3 is 0 Å². The van der Waals surface area contributed by atoms with E-state index in [1.165, 1.54) is 6.42 Å². The van der Waals surface area contributed by atoms with Crippen molar-refractivity contribution in [3.63, 3.8) is 0 Å². The van der Waals surface area contributed by atoms with Crippen LogP contribution in [0.3, 0.4) is 0 Å². The van der Waals surface area contributed by atoms with Gasteiger partial charge in [0.1, 0.15) is 12.1 Å². The van der Waals surface area contributed by atoms with Crippen LogP contribution in [0.15, 0.2) is 48.5 Å². The maximum Gasteiger partial charge on any atom is 0.240 e. The number of aliphatic hydroxyl groups is 2. The van der Waals surface area contributed by atoms with Crippen LogP contribution in [-0.2, 0) is 16.2 Å². The van der Waals surface area contributed by atoms with E-state index in [0.29, 0.717) is 29.7 Å². The summed E-state index contributed by atoms with van der Waals surface area (Å²) in [6, 6.07) is 16.1. The van der Waals surface area contributed by atoms with E-state index in [2.05, 4.69) is 86.8 Å². The van der Waals surface area contributed by atoms with Crippen molar-refractivity contribution in [3.05, 3.63) is 54.1 Å². The summed E-state index contributed by atoms with van der Waals surface area (Å²) in [7, 11) is 4.13. The SMILES string of the molecule is CC1C(NC(=O)[C@@H]2[C@H]([C@H](C)O)C(CO)ON2Cc2cccc(-c3ccc(NCCN(C)C)cc3)c2)C[C@H]2C[C@@H]1C2(C)C. The Balaban J connectivity index is 1.30. The number of amides is 1. The summed E-state index contributed by atoms with van der Waals surface area (Å²) in [4.78, 5) is 22.2. The van der Waals surface area contributed by atoms with Gasteiger partial charge in [-0.15, -0.1) is 0 Å². The van der Waals surface area contributed by atoms with Crippen LogP contribution in [0, 0.1) is 29.1 Å². The minimum atomic E-state index is -0.810. The Kier molecular flexibility index (Phi) is 9.30. The minimum Gasteiger partial charge on any atom is -0.394 e. The Morgan fingerprint density at radius 3 is 2.50 bits per heavy atom. The van der Waals surface area contributed by atoms with Gasteiger partial charge in [0.25, 0.3) is 0 Å². The zero-order valence-electron chi connectivity index (χ0n) is 26.1. The molecule has 4 aliphatic rings. The third kappa shape index (κ3) is 6.24. The van der Waals surface area contributed by atoms with Crippen molar-refractivity contribution in [2.75, 3.05) is 39.1 Å². The van der Waals surface area contributed by atoms with Gasteiger partial charge in [-0.25, -0.2) is 0 Å². The molecular formula is C34H50N4O4. The van der Waals surface area contributed by atoms with Gasteiger partial charge < -0.3 is 25.7 Å². The number of nitrogens with one attached hydrogen (secondary N) is 2. The number of nitrogens with zero attached hydrogens (tertiary/aromatic N) is 2. The molecule has 0 aromatic heterocycles. The Morgan fingerprint density at radius 1 is 1.14 bits per heavy atom. The van der Waals surface area contributed by atoms with Gasteiger partial charge in [-0.05, 0) is 91.9 Å². The molecule has 2 aromatic carbocycles. The molecule has 230 valence electrons. The molecule has 0 spiro atoms. The summed E-state index contributed by atoms with van der Waals surface area (Å²) in [5, 5.41) is 29.3. The molecule has 8 nitrogen and oxygen atoms in total. The van der Waals surface area contributed by atoms with Gasteiger partial charge in [0, 0.05) is 30.7 Å². The number of likely N-dealkylation sites (N-methyl/N-ethyl adjacent to an activating group) is 1. The topological polar surface area (TPSA) is 97.3 Å². The lowest BCUT2D eigenvalue weighted by molar-refractivity contribution is -0.183. The van der Waals surface area contributed by atoms with E-state index < -0.39 is 24.2 Å². The lowest BCUT2D eigenvalue weighted by Gasteiger charge is -2.62. The van der Waals surface area contributed by atoms with E-state index in [1.54, 1.807) is 12.0 Å². The van der Waals surface area contributed by atoms with Crippen molar-refractivity contribution in [2.45, 2.75) is 71.4 Å². The number of carbonyl (C=O) groups excluding carboxylic acids is 1. The van der Waals surface area contributed by atoms with Crippen molar-refractivity contribution in [1.29, 1.82) is 0 Å².